The molecular formula is C14H11F2NO3. The van der Waals surface area contributed by atoms with Gasteiger partial charge in [0, 0.05) is 11.8 Å². The van der Waals surface area contributed by atoms with Gasteiger partial charge in [-0.1, -0.05) is 6.07 Å². The molecule has 104 valence electrons. The quantitative estimate of drug-likeness (QED) is 0.844. The Balaban J connectivity index is 2.09. The van der Waals surface area contributed by atoms with Gasteiger partial charge in [-0.25, -0.2) is 13.6 Å². The van der Waals surface area contributed by atoms with Crippen molar-refractivity contribution >= 4 is 11.7 Å². The highest BCUT2D eigenvalue weighted by Gasteiger charge is 2.09. The first kappa shape index (κ1) is 13.8. The van der Waals surface area contributed by atoms with Gasteiger partial charge in [-0.15, -0.1) is 0 Å². The molecule has 0 fully saturated rings. The molecule has 3 N–H and O–H groups in total. The molecular weight excluding hydrogens is 268 g/mol. The summed E-state index contributed by atoms with van der Waals surface area (Å²) in [5, 5.41) is 8.82. The van der Waals surface area contributed by atoms with Crippen LogP contribution in [0.5, 0.6) is 5.75 Å². The van der Waals surface area contributed by atoms with Gasteiger partial charge in [0.15, 0.2) is 11.6 Å². The third-order valence-electron chi connectivity index (χ3n) is 2.64. The van der Waals surface area contributed by atoms with Crippen molar-refractivity contribution in [2.45, 2.75) is 6.61 Å². The molecule has 6 heteroatoms. The van der Waals surface area contributed by atoms with E-state index in [0.29, 0.717) is 11.3 Å². The number of aromatic carboxylic acids is 1. The smallest absolute Gasteiger partial charge is 0.337 e. The summed E-state index contributed by atoms with van der Waals surface area (Å²) < 4.78 is 31.1. The topological polar surface area (TPSA) is 72.5 Å². The number of hydrogen-bond acceptors (Lipinski definition) is 3. The van der Waals surface area contributed by atoms with Crippen molar-refractivity contribution in [2.75, 3.05) is 5.73 Å². The van der Waals surface area contributed by atoms with Crippen molar-refractivity contribution in [2.24, 2.45) is 0 Å². The van der Waals surface area contributed by atoms with E-state index >= 15 is 0 Å². The van der Waals surface area contributed by atoms with E-state index in [1.807, 2.05) is 0 Å². The summed E-state index contributed by atoms with van der Waals surface area (Å²) in [5.41, 5.74) is 6.06. The van der Waals surface area contributed by atoms with Crippen LogP contribution in [0.3, 0.4) is 0 Å². The van der Waals surface area contributed by atoms with Crippen molar-refractivity contribution in [1.29, 1.82) is 0 Å². The normalized spacial score (nSPS) is 10.3. The molecule has 0 amide bonds. The zero-order chi connectivity index (χ0) is 14.7. The first-order valence-corrected chi connectivity index (χ1v) is 5.67. The Hall–Kier alpha value is -2.63. The molecule has 0 aliphatic heterocycles. The van der Waals surface area contributed by atoms with Crippen LogP contribution in [0, 0.1) is 11.6 Å². The molecule has 4 nitrogen and oxygen atoms in total. The second-order valence-electron chi connectivity index (χ2n) is 4.09. The van der Waals surface area contributed by atoms with Gasteiger partial charge in [0.2, 0.25) is 0 Å². The number of carbonyl (C=O) groups is 1. The molecule has 0 unspecified atom stereocenters. The number of halogens is 2. The van der Waals surface area contributed by atoms with E-state index in [9.17, 15) is 13.6 Å². The Morgan fingerprint density at radius 3 is 2.50 bits per heavy atom. The zero-order valence-electron chi connectivity index (χ0n) is 10.3. The lowest BCUT2D eigenvalue weighted by atomic mass is 10.2. The summed E-state index contributed by atoms with van der Waals surface area (Å²) in [5.74, 6) is -2.66. The Morgan fingerprint density at radius 1 is 1.15 bits per heavy atom. The predicted molar refractivity (Wildman–Crippen MR) is 68.5 cm³/mol. The molecule has 0 heterocycles. The standard InChI is InChI=1S/C14H11F2NO3/c15-11-4-1-8(5-12(11)16)7-20-9-2-3-10(14(18)19)13(17)6-9/h1-6H,7,17H2,(H,18,19). The van der Waals surface area contributed by atoms with Gasteiger partial charge < -0.3 is 15.6 Å². The number of nitrogen functional groups attached to an aromatic ring is 1. The lowest BCUT2D eigenvalue weighted by Crippen LogP contribution is -2.03. The Morgan fingerprint density at radius 2 is 1.90 bits per heavy atom. The van der Waals surface area contributed by atoms with Gasteiger partial charge in [0.05, 0.1) is 5.56 Å². The monoisotopic (exact) mass is 279 g/mol. The second kappa shape index (κ2) is 5.56. The minimum absolute atomic E-state index is 0.0169. The van der Waals surface area contributed by atoms with Crippen LogP contribution in [0.2, 0.25) is 0 Å². The number of nitrogens with two attached hydrogens (primary N) is 1. The van der Waals surface area contributed by atoms with Crippen molar-refractivity contribution in [3.8, 4) is 5.75 Å². The third-order valence-corrected chi connectivity index (χ3v) is 2.64. The number of ether oxygens (including phenoxy) is 1. The lowest BCUT2D eigenvalue weighted by Gasteiger charge is -2.08. The van der Waals surface area contributed by atoms with E-state index in [2.05, 4.69) is 0 Å². The second-order valence-corrected chi connectivity index (χ2v) is 4.09. The zero-order valence-corrected chi connectivity index (χ0v) is 10.3. The fraction of sp³-hybridized carbons (Fsp3) is 0.0714. The Kier molecular flexibility index (Phi) is 3.84. The molecule has 0 atom stereocenters. The number of anilines is 1. The highest BCUT2D eigenvalue weighted by atomic mass is 19.2. The number of hydrogen-bond donors (Lipinski definition) is 2. The molecule has 2 aromatic rings. The van der Waals surface area contributed by atoms with E-state index < -0.39 is 17.6 Å². The average Bonchev–Trinajstić information content (AvgIpc) is 2.40. The highest BCUT2D eigenvalue weighted by molar-refractivity contribution is 5.93. The first-order valence-electron chi connectivity index (χ1n) is 5.67. The van der Waals surface area contributed by atoms with E-state index in [4.69, 9.17) is 15.6 Å². The van der Waals surface area contributed by atoms with Gasteiger partial charge in [-0.05, 0) is 29.8 Å². The summed E-state index contributed by atoms with van der Waals surface area (Å²) in [7, 11) is 0. The molecule has 0 aliphatic rings. The van der Waals surface area contributed by atoms with Gasteiger partial charge in [0.25, 0.3) is 0 Å². The van der Waals surface area contributed by atoms with E-state index in [1.165, 1.54) is 24.3 Å². The maximum Gasteiger partial charge on any atom is 0.337 e. The summed E-state index contributed by atoms with van der Waals surface area (Å²) >= 11 is 0. The largest absolute Gasteiger partial charge is 0.489 e. The molecule has 0 aromatic heterocycles. The van der Waals surface area contributed by atoms with Crippen molar-refractivity contribution < 1.29 is 23.4 Å². The molecule has 0 aliphatic carbocycles. The minimum Gasteiger partial charge on any atom is -0.489 e. The molecule has 0 bridgehead atoms. The summed E-state index contributed by atoms with van der Waals surface area (Å²) in [6, 6.07) is 7.56. The van der Waals surface area contributed by atoms with Crippen LogP contribution < -0.4 is 10.5 Å². The molecule has 0 saturated carbocycles. The summed E-state index contributed by atoms with van der Waals surface area (Å²) in [6.45, 7) is 0.0169. The molecule has 0 radical (unpaired) electrons. The van der Waals surface area contributed by atoms with Crippen molar-refractivity contribution in [3.63, 3.8) is 0 Å². The molecule has 0 saturated heterocycles. The summed E-state index contributed by atoms with van der Waals surface area (Å²) in [6.07, 6.45) is 0. The van der Waals surface area contributed by atoms with Crippen molar-refractivity contribution in [3.05, 3.63) is 59.2 Å². The van der Waals surface area contributed by atoms with Crippen LogP contribution in [0.1, 0.15) is 15.9 Å². The molecule has 20 heavy (non-hydrogen) atoms. The highest BCUT2D eigenvalue weighted by Crippen LogP contribution is 2.21. The van der Waals surface area contributed by atoms with Crippen LogP contribution in [0.25, 0.3) is 0 Å². The third kappa shape index (κ3) is 3.03. The van der Waals surface area contributed by atoms with Gasteiger partial charge in [0.1, 0.15) is 12.4 Å². The van der Waals surface area contributed by atoms with Gasteiger partial charge >= 0.3 is 5.97 Å². The summed E-state index contributed by atoms with van der Waals surface area (Å²) in [4.78, 5) is 10.8. The van der Waals surface area contributed by atoms with E-state index in [1.54, 1.807) is 0 Å². The van der Waals surface area contributed by atoms with Gasteiger partial charge in [-0.3, -0.25) is 0 Å². The van der Waals surface area contributed by atoms with Gasteiger partial charge in [-0.2, -0.15) is 0 Å². The predicted octanol–water partition coefficient (Wildman–Crippen LogP) is 2.82. The van der Waals surface area contributed by atoms with Crippen molar-refractivity contribution in [1.82, 2.24) is 0 Å². The van der Waals surface area contributed by atoms with Crippen LogP contribution in [0.4, 0.5) is 14.5 Å². The van der Waals surface area contributed by atoms with E-state index in [-0.39, 0.29) is 17.9 Å². The molecule has 2 aromatic carbocycles. The van der Waals surface area contributed by atoms with Crippen LogP contribution in [-0.4, -0.2) is 11.1 Å². The van der Waals surface area contributed by atoms with Crippen LogP contribution in [0.15, 0.2) is 36.4 Å². The Labute approximate surface area is 113 Å². The number of benzene rings is 2. The number of carboxylic acids is 1. The molecule has 2 rings (SSSR count). The number of rotatable bonds is 4. The maximum absolute atomic E-state index is 13.0. The molecule has 0 spiro atoms. The Bertz CT molecular complexity index is 659. The van der Waals surface area contributed by atoms with Crippen LogP contribution >= 0.6 is 0 Å². The fourth-order valence-electron chi connectivity index (χ4n) is 1.62. The average molecular weight is 279 g/mol. The first-order chi connectivity index (χ1) is 9.47. The lowest BCUT2D eigenvalue weighted by molar-refractivity contribution is 0.0698. The fourth-order valence-corrected chi connectivity index (χ4v) is 1.62. The van der Waals surface area contributed by atoms with Crippen LogP contribution in [-0.2, 0) is 6.61 Å². The van der Waals surface area contributed by atoms with E-state index in [0.717, 1.165) is 12.1 Å². The SMILES string of the molecule is Nc1cc(OCc2ccc(F)c(F)c2)ccc1C(=O)O. The minimum atomic E-state index is -1.13. The maximum atomic E-state index is 13.0. The number of carboxylic acid groups (broad SMARTS) is 1.